The number of aryl methyl sites for hydroxylation is 1. The van der Waals surface area contributed by atoms with Crippen molar-refractivity contribution < 1.29 is 14.3 Å². The highest BCUT2D eigenvalue weighted by Crippen LogP contribution is 2.24. The minimum absolute atomic E-state index is 0.0578. The molecular formula is C15H17N5O3. The van der Waals surface area contributed by atoms with E-state index in [1.54, 1.807) is 29.8 Å². The second kappa shape index (κ2) is 6.07. The third kappa shape index (κ3) is 3.15. The fraction of sp³-hybridized carbons (Fsp3) is 0.333. The molecule has 1 aromatic heterocycles. The Bertz CT molecular complexity index is 755. The minimum atomic E-state index is -0.488. The third-order valence-electron chi connectivity index (χ3n) is 3.59. The van der Waals surface area contributed by atoms with Crippen LogP contribution >= 0.6 is 0 Å². The van der Waals surface area contributed by atoms with Crippen LogP contribution in [0.2, 0.25) is 0 Å². The van der Waals surface area contributed by atoms with E-state index in [9.17, 15) is 9.59 Å². The van der Waals surface area contributed by atoms with Crippen LogP contribution in [-0.2, 0) is 16.1 Å². The number of ether oxygens (including phenoxy) is 1. The number of nitrogens with zero attached hydrogens (tertiary/aromatic N) is 3. The monoisotopic (exact) mass is 315 g/mol. The Labute approximate surface area is 132 Å². The summed E-state index contributed by atoms with van der Waals surface area (Å²) in [5.41, 5.74) is 0.577. The number of anilines is 2. The van der Waals surface area contributed by atoms with Gasteiger partial charge in [-0.2, -0.15) is 10.1 Å². The van der Waals surface area contributed by atoms with Gasteiger partial charge >= 0.3 is 0 Å². The van der Waals surface area contributed by atoms with E-state index in [4.69, 9.17) is 4.74 Å². The van der Waals surface area contributed by atoms with Crippen molar-refractivity contribution >= 4 is 23.5 Å². The fourth-order valence-electron chi connectivity index (χ4n) is 2.51. The molecule has 0 bridgehead atoms. The molecule has 8 nitrogen and oxygen atoms in total. The summed E-state index contributed by atoms with van der Waals surface area (Å²) < 4.78 is 6.80. The van der Waals surface area contributed by atoms with Crippen LogP contribution in [0.15, 0.2) is 24.3 Å². The first kappa shape index (κ1) is 15.0. The first-order valence-corrected chi connectivity index (χ1v) is 7.22. The van der Waals surface area contributed by atoms with Crippen molar-refractivity contribution in [1.29, 1.82) is 0 Å². The molecule has 0 saturated heterocycles. The Morgan fingerprint density at radius 2 is 2.26 bits per heavy atom. The van der Waals surface area contributed by atoms with Crippen molar-refractivity contribution in [2.75, 3.05) is 17.7 Å². The number of hydrogen-bond acceptors (Lipinski definition) is 5. The van der Waals surface area contributed by atoms with Crippen LogP contribution < -0.4 is 15.4 Å². The molecule has 1 unspecified atom stereocenters. The number of rotatable bonds is 4. The van der Waals surface area contributed by atoms with Gasteiger partial charge in [0.1, 0.15) is 11.6 Å². The topological polar surface area (TPSA) is 98.1 Å². The van der Waals surface area contributed by atoms with E-state index in [0.29, 0.717) is 29.8 Å². The number of carbonyl (C=O) groups is 2. The van der Waals surface area contributed by atoms with Crippen molar-refractivity contribution in [3.63, 3.8) is 0 Å². The van der Waals surface area contributed by atoms with Crippen molar-refractivity contribution in [3.05, 3.63) is 30.1 Å². The average molecular weight is 315 g/mol. The lowest BCUT2D eigenvalue weighted by atomic mass is 10.0. The lowest BCUT2D eigenvalue weighted by Gasteiger charge is -2.21. The molecule has 2 amide bonds. The number of carbonyl (C=O) groups excluding carboxylic acids is 2. The Kier molecular flexibility index (Phi) is 3.96. The number of fused-ring (bicyclic) bond motifs is 1. The third-order valence-corrected chi connectivity index (χ3v) is 3.59. The smallest absolute Gasteiger partial charge is 0.232 e. The van der Waals surface area contributed by atoms with Gasteiger partial charge in [-0.05, 0) is 19.1 Å². The maximum absolute atomic E-state index is 12.2. The number of methoxy groups -OCH3 is 1. The molecule has 1 aliphatic rings. The van der Waals surface area contributed by atoms with Gasteiger partial charge in [0.15, 0.2) is 0 Å². The molecule has 8 heteroatoms. The van der Waals surface area contributed by atoms with E-state index >= 15 is 0 Å². The second-order valence-corrected chi connectivity index (χ2v) is 5.30. The zero-order chi connectivity index (χ0) is 16.4. The number of benzene rings is 1. The minimum Gasteiger partial charge on any atom is -0.495 e. The van der Waals surface area contributed by atoms with E-state index in [2.05, 4.69) is 20.7 Å². The number of hydrogen-bond donors (Lipinski definition) is 2. The molecule has 1 atom stereocenters. The highest BCUT2D eigenvalue weighted by Gasteiger charge is 2.30. The molecule has 2 aromatic rings. The number of nitrogens with one attached hydrogen (secondary N) is 2. The van der Waals surface area contributed by atoms with Gasteiger partial charge in [0.2, 0.25) is 17.8 Å². The number of amides is 2. The summed E-state index contributed by atoms with van der Waals surface area (Å²) in [5, 5.41) is 9.63. The normalized spacial score (nSPS) is 16.4. The lowest BCUT2D eigenvalue weighted by Crippen LogP contribution is -2.36. The zero-order valence-corrected chi connectivity index (χ0v) is 12.9. The van der Waals surface area contributed by atoms with Crippen molar-refractivity contribution in [1.82, 2.24) is 14.8 Å². The molecule has 0 spiro atoms. The van der Waals surface area contributed by atoms with Gasteiger partial charge in [-0.1, -0.05) is 12.1 Å². The Morgan fingerprint density at radius 1 is 1.48 bits per heavy atom. The molecular weight excluding hydrogens is 298 g/mol. The molecule has 0 aliphatic carbocycles. The van der Waals surface area contributed by atoms with E-state index in [1.165, 1.54) is 7.11 Å². The Hall–Kier alpha value is -2.90. The van der Waals surface area contributed by atoms with Gasteiger partial charge in [-0.15, -0.1) is 0 Å². The summed E-state index contributed by atoms with van der Waals surface area (Å²) in [6.45, 7) is 2.09. The summed E-state index contributed by atoms with van der Waals surface area (Å²) in [5.74, 6) is 0.616. The fourth-order valence-corrected chi connectivity index (χ4v) is 2.51. The second-order valence-electron chi connectivity index (χ2n) is 5.30. The molecule has 1 aromatic carbocycles. The predicted molar refractivity (Wildman–Crippen MR) is 83.1 cm³/mol. The van der Waals surface area contributed by atoms with Crippen molar-refractivity contribution in [2.24, 2.45) is 5.92 Å². The van der Waals surface area contributed by atoms with Crippen LogP contribution in [0.4, 0.5) is 11.6 Å². The maximum atomic E-state index is 12.2. The highest BCUT2D eigenvalue weighted by atomic mass is 16.5. The number of aromatic nitrogens is 3. The molecule has 0 radical (unpaired) electrons. The first-order chi connectivity index (χ1) is 11.1. The molecule has 2 heterocycles. The van der Waals surface area contributed by atoms with Crippen LogP contribution in [0, 0.1) is 12.8 Å². The van der Waals surface area contributed by atoms with Crippen molar-refractivity contribution in [2.45, 2.75) is 19.9 Å². The van der Waals surface area contributed by atoms with Gasteiger partial charge in [-0.25, -0.2) is 4.68 Å². The quantitative estimate of drug-likeness (QED) is 0.883. The SMILES string of the molecule is COc1ccccc1NC(=O)CC1Cn2nc(C)nc2NC1=O. The lowest BCUT2D eigenvalue weighted by molar-refractivity contribution is -0.126. The van der Waals surface area contributed by atoms with E-state index in [0.717, 1.165) is 0 Å². The van der Waals surface area contributed by atoms with Crippen LogP contribution in [0.25, 0.3) is 0 Å². The largest absolute Gasteiger partial charge is 0.495 e. The van der Waals surface area contributed by atoms with E-state index in [1.807, 2.05) is 6.07 Å². The van der Waals surface area contributed by atoms with Crippen LogP contribution in [-0.4, -0.2) is 33.7 Å². The van der Waals surface area contributed by atoms with Crippen molar-refractivity contribution in [3.8, 4) is 5.75 Å². The molecule has 23 heavy (non-hydrogen) atoms. The molecule has 0 fully saturated rings. The summed E-state index contributed by atoms with van der Waals surface area (Å²) in [4.78, 5) is 28.4. The standard InChI is InChI=1S/C15H17N5O3/c1-9-16-15-18-14(22)10(8-20(15)19-9)7-13(21)17-11-5-3-4-6-12(11)23-2/h3-6,10H,7-8H2,1-2H3,(H,17,21)(H,16,18,19,22). The summed E-state index contributed by atoms with van der Waals surface area (Å²) >= 11 is 0. The van der Waals surface area contributed by atoms with Gasteiger partial charge in [0, 0.05) is 6.42 Å². The summed E-state index contributed by atoms with van der Waals surface area (Å²) in [6.07, 6.45) is 0.0578. The van der Waals surface area contributed by atoms with Gasteiger partial charge in [-0.3, -0.25) is 14.9 Å². The highest BCUT2D eigenvalue weighted by molar-refractivity contribution is 5.98. The van der Waals surface area contributed by atoms with Gasteiger partial charge in [0.05, 0.1) is 25.3 Å². The van der Waals surface area contributed by atoms with E-state index < -0.39 is 5.92 Å². The summed E-state index contributed by atoms with van der Waals surface area (Å²) in [7, 11) is 1.54. The first-order valence-electron chi connectivity index (χ1n) is 7.22. The molecule has 3 rings (SSSR count). The van der Waals surface area contributed by atoms with Gasteiger partial charge < -0.3 is 10.1 Å². The number of para-hydroxylation sites is 2. The average Bonchev–Trinajstić information content (AvgIpc) is 2.87. The Morgan fingerprint density at radius 3 is 3.04 bits per heavy atom. The van der Waals surface area contributed by atoms with Crippen LogP contribution in [0.3, 0.4) is 0 Å². The summed E-state index contributed by atoms with van der Waals surface area (Å²) in [6, 6.07) is 7.12. The molecule has 2 N–H and O–H groups in total. The molecule has 120 valence electrons. The van der Waals surface area contributed by atoms with Crippen LogP contribution in [0.5, 0.6) is 5.75 Å². The van der Waals surface area contributed by atoms with Gasteiger partial charge in [0.25, 0.3) is 0 Å². The zero-order valence-electron chi connectivity index (χ0n) is 12.9. The van der Waals surface area contributed by atoms with Crippen LogP contribution in [0.1, 0.15) is 12.2 Å². The molecule has 1 aliphatic heterocycles. The Balaban J connectivity index is 1.67. The molecule has 0 saturated carbocycles. The maximum Gasteiger partial charge on any atom is 0.232 e. The van der Waals surface area contributed by atoms with E-state index in [-0.39, 0.29) is 18.2 Å². The predicted octanol–water partition coefficient (Wildman–Crippen LogP) is 1.19.